The largest absolute Gasteiger partial charge is 0.0654 e. The maximum atomic E-state index is 2.49. The van der Waals surface area contributed by atoms with Crippen molar-refractivity contribution in [2.24, 2.45) is 17.3 Å². The molecule has 84 valence electrons. The van der Waals surface area contributed by atoms with E-state index in [9.17, 15) is 0 Å². The minimum atomic E-state index is 0.616. The van der Waals surface area contributed by atoms with Crippen molar-refractivity contribution in [1.29, 1.82) is 0 Å². The molecular formula is C14H28. The Morgan fingerprint density at radius 1 is 1.21 bits per heavy atom. The minimum Gasteiger partial charge on any atom is -0.0654 e. The SMILES string of the molecule is CCCCCC1C(C)CCCC1(C)C. The number of hydrogen-bond donors (Lipinski definition) is 0. The van der Waals surface area contributed by atoms with Gasteiger partial charge in [-0.2, -0.15) is 0 Å². The van der Waals surface area contributed by atoms with Gasteiger partial charge in [-0.15, -0.1) is 0 Å². The number of unbranched alkanes of at least 4 members (excludes halogenated alkanes) is 2. The van der Waals surface area contributed by atoms with Crippen LogP contribution in [0.3, 0.4) is 0 Å². The zero-order valence-corrected chi connectivity index (χ0v) is 10.6. The van der Waals surface area contributed by atoms with E-state index in [1.165, 1.54) is 44.9 Å². The average Bonchev–Trinajstić information content (AvgIpc) is 2.09. The summed E-state index contributed by atoms with van der Waals surface area (Å²) >= 11 is 0. The quantitative estimate of drug-likeness (QED) is 0.553. The molecule has 0 aliphatic heterocycles. The van der Waals surface area contributed by atoms with Gasteiger partial charge in [-0.25, -0.2) is 0 Å². The van der Waals surface area contributed by atoms with E-state index < -0.39 is 0 Å². The molecule has 0 amide bonds. The van der Waals surface area contributed by atoms with Crippen LogP contribution in [0.15, 0.2) is 0 Å². The molecule has 0 saturated heterocycles. The Labute approximate surface area is 90.5 Å². The highest BCUT2D eigenvalue weighted by Crippen LogP contribution is 2.46. The molecule has 0 aromatic carbocycles. The second-order valence-electron chi connectivity index (χ2n) is 5.96. The van der Waals surface area contributed by atoms with Crippen molar-refractivity contribution < 1.29 is 0 Å². The molecule has 1 fully saturated rings. The van der Waals surface area contributed by atoms with Crippen molar-refractivity contribution in [1.82, 2.24) is 0 Å². The fraction of sp³-hybridized carbons (Fsp3) is 1.00. The summed E-state index contributed by atoms with van der Waals surface area (Å²) in [6.07, 6.45) is 10.1. The van der Waals surface area contributed by atoms with Crippen molar-refractivity contribution >= 4 is 0 Å². The van der Waals surface area contributed by atoms with Crippen LogP contribution < -0.4 is 0 Å². The molecule has 2 unspecified atom stereocenters. The third-order valence-corrected chi connectivity index (χ3v) is 4.29. The average molecular weight is 196 g/mol. The van der Waals surface area contributed by atoms with Crippen LogP contribution in [0, 0.1) is 17.3 Å². The molecule has 0 radical (unpaired) electrons. The van der Waals surface area contributed by atoms with Gasteiger partial charge in [0.05, 0.1) is 0 Å². The van der Waals surface area contributed by atoms with Gasteiger partial charge in [0.25, 0.3) is 0 Å². The summed E-state index contributed by atoms with van der Waals surface area (Å²) in [5, 5.41) is 0. The molecule has 1 saturated carbocycles. The van der Waals surface area contributed by atoms with E-state index in [-0.39, 0.29) is 0 Å². The fourth-order valence-corrected chi connectivity index (χ4v) is 3.33. The first-order chi connectivity index (χ1) is 6.58. The Hall–Kier alpha value is 0. The lowest BCUT2D eigenvalue weighted by atomic mass is 9.62. The number of hydrogen-bond acceptors (Lipinski definition) is 0. The van der Waals surface area contributed by atoms with Gasteiger partial charge >= 0.3 is 0 Å². The predicted octanol–water partition coefficient (Wildman–Crippen LogP) is 5.03. The second kappa shape index (κ2) is 5.19. The van der Waals surface area contributed by atoms with Crippen LogP contribution in [0.2, 0.25) is 0 Å². The maximum absolute atomic E-state index is 2.49. The first-order valence-corrected chi connectivity index (χ1v) is 6.58. The molecule has 1 aliphatic carbocycles. The molecule has 0 bridgehead atoms. The Bertz CT molecular complexity index is 157. The summed E-state index contributed by atoms with van der Waals surface area (Å²) < 4.78 is 0. The third kappa shape index (κ3) is 3.00. The Kier molecular flexibility index (Phi) is 4.47. The molecule has 0 N–H and O–H groups in total. The lowest BCUT2D eigenvalue weighted by Gasteiger charge is -2.43. The van der Waals surface area contributed by atoms with Gasteiger partial charge < -0.3 is 0 Å². The standard InChI is InChI=1S/C14H28/c1-5-6-7-10-13-12(2)9-8-11-14(13,3)4/h12-13H,5-11H2,1-4H3. The van der Waals surface area contributed by atoms with Crippen LogP contribution in [0.4, 0.5) is 0 Å². The molecule has 2 atom stereocenters. The van der Waals surface area contributed by atoms with Crippen molar-refractivity contribution in [3.8, 4) is 0 Å². The van der Waals surface area contributed by atoms with E-state index in [4.69, 9.17) is 0 Å². The van der Waals surface area contributed by atoms with Crippen LogP contribution >= 0.6 is 0 Å². The smallest absolute Gasteiger partial charge is 0.0323 e. The third-order valence-electron chi connectivity index (χ3n) is 4.29. The monoisotopic (exact) mass is 196 g/mol. The molecule has 0 aromatic rings. The lowest BCUT2D eigenvalue weighted by molar-refractivity contribution is 0.0742. The van der Waals surface area contributed by atoms with Gasteiger partial charge in [0.1, 0.15) is 0 Å². The second-order valence-corrected chi connectivity index (χ2v) is 5.96. The summed E-state index contributed by atoms with van der Waals surface area (Å²) in [7, 11) is 0. The van der Waals surface area contributed by atoms with Gasteiger partial charge in [0.15, 0.2) is 0 Å². The summed E-state index contributed by atoms with van der Waals surface area (Å²) in [5.74, 6) is 1.96. The topological polar surface area (TPSA) is 0 Å². The highest BCUT2D eigenvalue weighted by molar-refractivity contribution is 4.86. The molecule has 0 aromatic heterocycles. The van der Waals surface area contributed by atoms with Crippen molar-refractivity contribution in [2.45, 2.75) is 72.6 Å². The van der Waals surface area contributed by atoms with Crippen LogP contribution in [-0.2, 0) is 0 Å². The first kappa shape index (κ1) is 12.1. The van der Waals surface area contributed by atoms with Gasteiger partial charge in [0.2, 0.25) is 0 Å². The highest BCUT2D eigenvalue weighted by atomic mass is 14.4. The minimum absolute atomic E-state index is 0.616. The van der Waals surface area contributed by atoms with E-state index in [2.05, 4.69) is 27.7 Å². The maximum Gasteiger partial charge on any atom is -0.0323 e. The molecule has 14 heavy (non-hydrogen) atoms. The lowest BCUT2D eigenvalue weighted by Crippen LogP contribution is -2.33. The molecule has 0 spiro atoms. The predicted molar refractivity (Wildman–Crippen MR) is 64.4 cm³/mol. The zero-order valence-electron chi connectivity index (χ0n) is 10.6. The molecule has 0 heteroatoms. The van der Waals surface area contributed by atoms with Crippen molar-refractivity contribution in [3.63, 3.8) is 0 Å². The van der Waals surface area contributed by atoms with E-state index in [0.29, 0.717) is 5.41 Å². The molecule has 0 nitrogen and oxygen atoms in total. The van der Waals surface area contributed by atoms with Crippen LogP contribution in [0.5, 0.6) is 0 Å². The normalized spacial score (nSPS) is 31.7. The van der Waals surface area contributed by atoms with E-state index >= 15 is 0 Å². The fourth-order valence-electron chi connectivity index (χ4n) is 3.33. The summed E-state index contributed by atoms with van der Waals surface area (Å²) in [5.41, 5.74) is 0.616. The summed E-state index contributed by atoms with van der Waals surface area (Å²) in [6.45, 7) is 9.74. The van der Waals surface area contributed by atoms with Crippen molar-refractivity contribution in [3.05, 3.63) is 0 Å². The Balaban J connectivity index is 2.44. The summed E-state index contributed by atoms with van der Waals surface area (Å²) in [6, 6.07) is 0. The molecular weight excluding hydrogens is 168 g/mol. The molecule has 0 heterocycles. The molecule has 1 aliphatic rings. The summed E-state index contributed by atoms with van der Waals surface area (Å²) in [4.78, 5) is 0. The van der Waals surface area contributed by atoms with E-state index in [1.54, 1.807) is 0 Å². The van der Waals surface area contributed by atoms with Crippen molar-refractivity contribution in [2.75, 3.05) is 0 Å². The first-order valence-electron chi connectivity index (χ1n) is 6.58. The van der Waals surface area contributed by atoms with Gasteiger partial charge in [-0.3, -0.25) is 0 Å². The van der Waals surface area contributed by atoms with Crippen LogP contribution in [0.1, 0.15) is 72.6 Å². The molecule has 1 rings (SSSR count). The van der Waals surface area contributed by atoms with Crippen LogP contribution in [-0.4, -0.2) is 0 Å². The highest BCUT2D eigenvalue weighted by Gasteiger charge is 2.35. The Morgan fingerprint density at radius 2 is 1.93 bits per heavy atom. The van der Waals surface area contributed by atoms with Crippen LogP contribution in [0.25, 0.3) is 0 Å². The Morgan fingerprint density at radius 3 is 2.50 bits per heavy atom. The van der Waals surface area contributed by atoms with Gasteiger partial charge in [0, 0.05) is 0 Å². The van der Waals surface area contributed by atoms with Gasteiger partial charge in [-0.1, -0.05) is 59.8 Å². The zero-order chi connectivity index (χ0) is 10.6. The van der Waals surface area contributed by atoms with E-state index in [1.807, 2.05) is 0 Å². The van der Waals surface area contributed by atoms with Gasteiger partial charge in [-0.05, 0) is 30.1 Å². The number of rotatable bonds is 4. The van der Waals surface area contributed by atoms with E-state index in [0.717, 1.165) is 11.8 Å².